The number of anilines is 2. The summed E-state index contributed by atoms with van der Waals surface area (Å²) < 4.78 is 17.7. The Bertz CT molecular complexity index is 844. The second-order valence-electron chi connectivity index (χ2n) is 5.00. The largest absolute Gasteiger partial charge is 0.335 e. The molecule has 0 saturated carbocycles. The summed E-state index contributed by atoms with van der Waals surface area (Å²) in [5.74, 6) is -0.0589. The molecule has 122 valence electrons. The molecule has 24 heavy (non-hydrogen) atoms. The molecule has 0 unspecified atom stereocenters. The molecule has 1 aromatic heterocycles. The minimum absolute atomic E-state index is 0.0599. The summed E-state index contributed by atoms with van der Waals surface area (Å²) in [7, 11) is 0. The van der Waals surface area contributed by atoms with Gasteiger partial charge in [-0.1, -0.05) is 17.7 Å². The molecule has 3 rings (SSSR count). The lowest BCUT2D eigenvalue weighted by atomic mass is 10.2. The third-order valence-electron chi connectivity index (χ3n) is 3.20. The van der Waals surface area contributed by atoms with Gasteiger partial charge in [-0.15, -0.1) is 0 Å². The van der Waals surface area contributed by atoms with Crippen molar-refractivity contribution in [1.82, 2.24) is 15.8 Å². The smallest absolute Gasteiger partial charge is 0.206 e. The highest BCUT2D eigenvalue weighted by molar-refractivity contribution is 6.01. The number of aryl methyl sites for hydroxylation is 1. The molecule has 0 amide bonds. The molecule has 0 aliphatic heterocycles. The van der Waals surface area contributed by atoms with Gasteiger partial charge in [0, 0.05) is 5.69 Å². The van der Waals surface area contributed by atoms with Crippen LogP contribution in [-0.4, -0.2) is 21.4 Å². The van der Waals surface area contributed by atoms with E-state index in [4.69, 9.17) is 4.63 Å². The number of hydroxylamine groups is 1. The lowest BCUT2D eigenvalue weighted by Gasteiger charge is -2.05. The Balaban J connectivity index is 1.89. The van der Waals surface area contributed by atoms with Crippen LogP contribution in [0.2, 0.25) is 0 Å². The van der Waals surface area contributed by atoms with Crippen LogP contribution in [0.5, 0.6) is 0 Å². The van der Waals surface area contributed by atoms with E-state index < -0.39 is 0 Å². The molecule has 7 nitrogen and oxygen atoms in total. The summed E-state index contributed by atoms with van der Waals surface area (Å²) in [5.41, 5.74) is 4.47. The number of aliphatic imine (C=N–C) groups is 1. The van der Waals surface area contributed by atoms with Crippen molar-refractivity contribution in [2.75, 3.05) is 5.32 Å². The summed E-state index contributed by atoms with van der Waals surface area (Å²) in [6.45, 7) is 1.96. The molecule has 2 aromatic carbocycles. The number of hydrogen-bond acceptors (Lipinski definition) is 6. The van der Waals surface area contributed by atoms with Crippen LogP contribution in [0.25, 0.3) is 0 Å². The topological polar surface area (TPSA) is 95.6 Å². The van der Waals surface area contributed by atoms with Crippen molar-refractivity contribution in [3.8, 4) is 0 Å². The third kappa shape index (κ3) is 3.55. The van der Waals surface area contributed by atoms with Crippen LogP contribution in [0.1, 0.15) is 11.3 Å². The van der Waals surface area contributed by atoms with Crippen LogP contribution in [0.15, 0.2) is 58.2 Å². The molecule has 1 heterocycles. The first-order valence-corrected chi connectivity index (χ1v) is 7.06. The fourth-order valence-electron chi connectivity index (χ4n) is 1.98. The van der Waals surface area contributed by atoms with Crippen LogP contribution in [-0.2, 0) is 0 Å². The average Bonchev–Trinajstić information content (AvgIpc) is 3.04. The lowest BCUT2D eigenvalue weighted by Crippen LogP contribution is -2.21. The monoisotopic (exact) mass is 327 g/mol. The number of benzene rings is 2. The van der Waals surface area contributed by atoms with Gasteiger partial charge in [0.2, 0.25) is 5.82 Å². The zero-order valence-corrected chi connectivity index (χ0v) is 12.7. The van der Waals surface area contributed by atoms with E-state index in [2.05, 4.69) is 20.6 Å². The van der Waals surface area contributed by atoms with Crippen molar-refractivity contribution in [2.45, 2.75) is 6.92 Å². The molecule has 0 aliphatic carbocycles. The minimum Gasteiger partial charge on any atom is -0.335 e. The average molecular weight is 327 g/mol. The van der Waals surface area contributed by atoms with Crippen LogP contribution < -0.4 is 10.8 Å². The Morgan fingerprint density at radius 3 is 2.46 bits per heavy atom. The predicted molar refractivity (Wildman–Crippen MR) is 86.3 cm³/mol. The maximum absolute atomic E-state index is 13.0. The van der Waals surface area contributed by atoms with E-state index >= 15 is 0 Å². The number of halogens is 1. The van der Waals surface area contributed by atoms with Crippen molar-refractivity contribution in [1.29, 1.82) is 0 Å². The fraction of sp³-hybridized carbons (Fsp3) is 0.0625. The third-order valence-corrected chi connectivity index (χ3v) is 3.20. The van der Waals surface area contributed by atoms with Crippen molar-refractivity contribution in [3.63, 3.8) is 0 Å². The molecule has 0 aliphatic rings. The number of rotatable bonds is 4. The molecule has 0 saturated heterocycles. The zero-order chi connectivity index (χ0) is 16.9. The van der Waals surface area contributed by atoms with E-state index in [1.54, 1.807) is 12.1 Å². The van der Waals surface area contributed by atoms with E-state index in [1.165, 1.54) is 24.3 Å². The Morgan fingerprint density at radius 1 is 1.08 bits per heavy atom. The van der Waals surface area contributed by atoms with E-state index in [0.29, 0.717) is 11.4 Å². The van der Waals surface area contributed by atoms with Gasteiger partial charge >= 0.3 is 0 Å². The molecular formula is C16H14FN5O2. The first-order chi connectivity index (χ1) is 11.7. The number of nitrogens with zero attached hydrogens (tertiary/aromatic N) is 3. The van der Waals surface area contributed by atoms with Crippen LogP contribution >= 0.6 is 0 Å². The van der Waals surface area contributed by atoms with Crippen LogP contribution in [0.4, 0.5) is 21.6 Å². The molecule has 8 heteroatoms. The SMILES string of the molecule is Cc1ccc(N=C(NO)c2nonc2Nc2ccc(F)cc2)cc1. The van der Waals surface area contributed by atoms with Gasteiger partial charge in [-0.25, -0.2) is 14.0 Å². The molecule has 0 fully saturated rings. The number of aromatic nitrogens is 2. The van der Waals surface area contributed by atoms with Gasteiger partial charge < -0.3 is 5.32 Å². The van der Waals surface area contributed by atoms with Gasteiger partial charge in [-0.05, 0) is 53.6 Å². The van der Waals surface area contributed by atoms with Gasteiger partial charge in [-0.2, -0.15) is 0 Å². The maximum atomic E-state index is 13.0. The molecule has 0 atom stereocenters. The van der Waals surface area contributed by atoms with E-state index in [9.17, 15) is 9.60 Å². The summed E-state index contributed by atoms with van der Waals surface area (Å²) in [6, 6.07) is 13.1. The second-order valence-corrected chi connectivity index (χ2v) is 5.00. The fourth-order valence-corrected chi connectivity index (χ4v) is 1.98. The Labute approximate surface area is 136 Å². The van der Waals surface area contributed by atoms with E-state index in [-0.39, 0.29) is 23.2 Å². The Morgan fingerprint density at radius 2 is 1.79 bits per heavy atom. The van der Waals surface area contributed by atoms with Gasteiger partial charge in [0.15, 0.2) is 11.5 Å². The Kier molecular flexibility index (Phi) is 4.48. The van der Waals surface area contributed by atoms with Gasteiger partial charge in [0.25, 0.3) is 0 Å². The Hall–Kier alpha value is -3.26. The summed E-state index contributed by atoms with van der Waals surface area (Å²) in [4.78, 5) is 4.27. The second kappa shape index (κ2) is 6.88. The quantitative estimate of drug-likeness (QED) is 0.386. The highest BCUT2D eigenvalue weighted by atomic mass is 19.1. The van der Waals surface area contributed by atoms with E-state index in [0.717, 1.165) is 5.56 Å². The summed E-state index contributed by atoms with van der Waals surface area (Å²) in [6.07, 6.45) is 0. The first kappa shape index (κ1) is 15.6. The highest BCUT2D eigenvalue weighted by Gasteiger charge is 2.16. The molecule has 3 N–H and O–H groups in total. The van der Waals surface area contributed by atoms with Crippen molar-refractivity contribution >= 4 is 23.0 Å². The van der Waals surface area contributed by atoms with E-state index in [1.807, 2.05) is 24.5 Å². The van der Waals surface area contributed by atoms with Crippen molar-refractivity contribution in [2.24, 2.45) is 4.99 Å². The standard InChI is InChI=1S/C16H14FN5O2/c1-10-2-6-12(7-3-10)18-15(20-23)14-16(22-24-21-14)19-13-8-4-11(17)5-9-13/h2-9,23H,1H3,(H,18,20)(H,19,22). The van der Waals surface area contributed by atoms with Gasteiger partial charge in [0.1, 0.15) is 5.82 Å². The van der Waals surface area contributed by atoms with Crippen molar-refractivity contribution < 1.29 is 14.2 Å². The van der Waals surface area contributed by atoms with Gasteiger partial charge in [-0.3, -0.25) is 10.7 Å². The minimum atomic E-state index is -0.349. The molecule has 0 radical (unpaired) electrons. The molecule has 3 aromatic rings. The van der Waals surface area contributed by atoms with Crippen LogP contribution in [0.3, 0.4) is 0 Å². The number of amidine groups is 1. The van der Waals surface area contributed by atoms with Crippen LogP contribution in [0, 0.1) is 12.7 Å². The molecule has 0 bridgehead atoms. The summed E-state index contributed by atoms with van der Waals surface area (Å²) >= 11 is 0. The number of hydrogen-bond donors (Lipinski definition) is 3. The molecule has 0 spiro atoms. The highest BCUT2D eigenvalue weighted by Crippen LogP contribution is 2.20. The zero-order valence-electron chi connectivity index (χ0n) is 12.7. The van der Waals surface area contributed by atoms with Crippen molar-refractivity contribution in [3.05, 3.63) is 65.6 Å². The maximum Gasteiger partial charge on any atom is 0.206 e. The predicted octanol–water partition coefficient (Wildman–Crippen LogP) is 3.32. The number of nitrogens with one attached hydrogen (secondary N) is 2. The molecular weight excluding hydrogens is 313 g/mol. The normalized spacial score (nSPS) is 11.4. The summed E-state index contributed by atoms with van der Waals surface area (Å²) in [5, 5.41) is 19.8. The lowest BCUT2D eigenvalue weighted by molar-refractivity contribution is 0.234. The van der Waals surface area contributed by atoms with Gasteiger partial charge in [0.05, 0.1) is 5.69 Å². The first-order valence-electron chi connectivity index (χ1n) is 7.06.